The van der Waals surface area contributed by atoms with Gasteiger partial charge in [-0.2, -0.15) is 0 Å². The topological polar surface area (TPSA) is 129 Å². The molecule has 0 fully saturated rings. The predicted molar refractivity (Wildman–Crippen MR) is 115 cm³/mol. The fourth-order valence-electron chi connectivity index (χ4n) is 2.99. The third-order valence-electron chi connectivity index (χ3n) is 4.72. The molecule has 3 aromatic rings. The van der Waals surface area contributed by atoms with Crippen LogP contribution in [0, 0.1) is 0 Å². The molecule has 0 radical (unpaired) electrons. The second-order valence-corrected chi connectivity index (χ2v) is 8.99. The molecule has 0 saturated heterocycles. The van der Waals surface area contributed by atoms with Crippen molar-refractivity contribution >= 4 is 15.8 Å². The molecule has 33 heavy (non-hydrogen) atoms. The molecule has 0 aliphatic rings. The Kier molecular flexibility index (Phi) is 10.5. The van der Waals surface area contributed by atoms with Crippen LogP contribution in [0.3, 0.4) is 0 Å². The van der Waals surface area contributed by atoms with Crippen LogP contribution in [-0.2, 0) is 21.1 Å². The van der Waals surface area contributed by atoms with Crippen molar-refractivity contribution in [1.29, 1.82) is 0 Å². The molecule has 0 spiro atoms. The monoisotopic (exact) mass is 478 g/mol. The van der Waals surface area contributed by atoms with E-state index >= 15 is 0 Å². The van der Waals surface area contributed by atoms with E-state index in [0.717, 1.165) is 11.1 Å². The molecule has 8 nitrogen and oxygen atoms in total. The molecule has 0 amide bonds. The number of benzene rings is 2. The average molecular weight is 479 g/mol. The number of ether oxygens (including phenoxy) is 1. The number of nitrogens with one attached hydrogen (secondary N) is 1. The van der Waals surface area contributed by atoms with Gasteiger partial charge >= 0.3 is 29.6 Å². The Balaban J connectivity index is 0.00000385. The number of carboxylic acids is 1. The van der Waals surface area contributed by atoms with E-state index in [0.29, 0.717) is 19.5 Å². The van der Waals surface area contributed by atoms with Gasteiger partial charge in [-0.15, -0.1) is 0 Å². The van der Waals surface area contributed by atoms with Gasteiger partial charge in [0.15, 0.2) is 0 Å². The van der Waals surface area contributed by atoms with Crippen LogP contribution in [0.5, 0.6) is 5.75 Å². The summed E-state index contributed by atoms with van der Waals surface area (Å²) in [4.78, 5) is 14.7. The summed E-state index contributed by atoms with van der Waals surface area (Å²) in [7, 11) is -3.71. The number of carbonyl (C=O) groups is 1. The Labute approximate surface area is 214 Å². The number of aliphatic hydroxyl groups is 1. The molecule has 2 N–H and O–H groups in total. The van der Waals surface area contributed by atoms with Crippen molar-refractivity contribution in [2.75, 3.05) is 19.7 Å². The van der Waals surface area contributed by atoms with Crippen LogP contribution in [-0.4, -0.2) is 44.2 Å². The van der Waals surface area contributed by atoms with Crippen LogP contribution in [0.1, 0.15) is 17.2 Å². The largest absolute Gasteiger partial charge is 1.00 e. The molecule has 1 atom stereocenters. The Hall–Kier alpha value is -2.27. The van der Waals surface area contributed by atoms with Crippen molar-refractivity contribution in [3.8, 4) is 5.75 Å². The third-order valence-corrected chi connectivity index (χ3v) is 6.51. The second kappa shape index (κ2) is 12.8. The van der Waals surface area contributed by atoms with E-state index in [-0.39, 0.29) is 45.1 Å². The molecule has 0 aliphatic carbocycles. The summed E-state index contributed by atoms with van der Waals surface area (Å²) in [6.07, 6.45) is 3.30. The summed E-state index contributed by atoms with van der Waals surface area (Å²) in [5, 5.41) is 23.7. The fraction of sp³-hybridized carbons (Fsp3) is 0.217. The zero-order valence-corrected chi connectivity index (χ0v) is 21.0. The molecule has 10 heteroatoms. The minimum absolute atomic E-state index is 0. The van der Waals surface area contributed by atoms with Crippen molar-refractivity contribution in [3.63, 3.8) is 0 Å². The molecule has 2 aromatic carbocycles. The van der Waals surface area contributed by atoms with Gasteiger partial charge in [-0.3, -0.25) is 4.98 Å². The molecule has 0 aliphatic heterocycles. The van der Waals surface area contributed by atoms with E-state index in [1.807, 2.05) is 6.07 Å². The maximum Gasteiger partial charge on any atom is 1.00 e. The Bertz CT molecular complexity index is 1120. The van der Waals surface area contributed by atoms with Gasteiger partial charge in [-0.25, -0.2) is 8.42 Å². The Morgan fingerprint density at radius 1 is 1.06 bits per heavy atom. The van der Waals surface area contributed by atoms with Crippen molar-refractivity contribution in [2.24, 2.45) is 0 Å². The number of hydrogen-bond acceptors (Lipinski definition) is 8. The first-order valence-corrected chi connectivity index (χ1v) is 11.4. The van der Waals surface area contributed by atoms with Crippen LogP contribution in [0.2, 0.25) is 0 Å². The summed E-state index contributed by atoms with van der Waals surface area (Å²) >= 11 is 0. The van der Waals surface area contributed by atoms with Crippen molar-refractivity contribution in [1.82, 2.24) is 10.3 Å². The summed E-state index contributed by atoms with van der Waals surface area (Å²) in [5.41, 5.74) is 1.70. The van der Waals surface area contributed by atoms with Crippen LogP contribution in [0.4, 0.5) is 0 Å². The minimum Gasteiger partial charge on any atom is -0.546 e. The van der Waals surface area contributed by atoms with Gasteiger partial charge < -0.3 is 25.1 Å². The predicted octanol–water partition coefficient (Wildman–Crippen LogP) is -2.09. The van der Waals surface area contributed by atoms with Crippen LogP contribution >= 0.6 is 0 Å². The molecule has 168 valence electrons. The molecule has 0 bridgehead atoms. The minimum atomic E-state index is -3.71. The van der Waals surface area contributed by atoms with E-state index in [2.05, 4.69) is 10.3 Å². The Morgan fingerprint density at radius 3 is 2.27 bits per heavy atom. The van der Waals surface area contributed by atoms with Crippen molar-refractivity contribution < 1.29 is 57.7 Å². The summed E-state index contributed by atoms with van der Waals surface area (Å²) < 4.78 is 30.6. The second-order valence-electron chi connectivity index (χ2n) is 7.04. The molecule has 3 rings (SSSR count). The van der Waals surface area contributed by atoms with Gasteiger partial charge in [-0.05, 0) is 61.0 Å². The SMILES string of the molecule is O=C([O-])COc1ccc(S(=O)(=O)c2ccc(CCNC[C@H](O)c3cccnc3)cc2)cc1.[Na+]. The number of hydrogen-bond donors (Lipinski definition) is 2. The normalized spacial score (nSPS) is 11.9. The number of aromatic nitrogens is 1. The number of aliphatic hydroxyl groups excluding tert-OH is 1. The van der Waals surface area contributed by atoms with Crippen LogP contribution in [0.15, 0.2) is 82.8 Å². The summed E-state index contributed by atoms with van der Waals surface area (Å²) in [6.45, 7) is 0.405. The van der Waals surface area contributed by atoms with Gasteiger partial charge in [0.1, 0.15) is 12.4 Å². The number of carboxylic acid groups (broad SMARTS) is 1. The molecule has 0 unspecified atom stereocenters. The van der Waals surface area contributed by atoms with Crippen molar-refractivity contribution in [2.45, 2.75) is 22.3 Å². The number of aliphatic carboxylic acids is 1. The summed E-state index contributed by atoms with van der Waals surface area (Å²) in [6, 6.07) is 15.7. The number of sulfone groups is 1. The van der Waals surface area contributed by atoms with Crippen molar-refractivity contribution in [3.05, 3.63) is 84.2 Å². The smallest absolute Gasteiger partial charge is 0.546 e. The van der Waals surface area contributed by atoms with Gasteiger partial charge in [0, 0.05) is 24.5 Å². The number of pyridine rings is 1. The maximum absolute atomic E-state index is 12.8. The molecular weight excluding hydrogens is 455 g/mol. The quantitative estimate of drug-likeness (QED) is 0.237. The average Bonchev–Trinajstić information content (AvgIpc) is 2.81. The van der Waals surface area contributed by atoms with Crippen LogP contribution < -0.4 is 44.7 Å². The van der Waals surface area contributed by atoms with E-state index in [1.165, 1.54) is 24.3 Å². The molecule has 1 aromatic heterocycles. The van der Waals surface area contributed by atoms with E-state index < -0.39 is 28.5 Å². The Morgan fingerprint density at radius 2 is 1.70 bits per heavy atom. The summed E-state index contributed by atoms with van der Waals surface area (Å²) in [5.74, 6) is -1.12. The molecule has 1 heterocycles. The maximum atomic E-state index is 12.8. The number of rotatable bonds is 11. The zero-order valence-electron chi connectivity index (χ0n) is 18.2. The standard InChI is InChI=1S/C23H24N2O6S.Na/c26-22(18-2-1-12-24-14-18)15-25-13-11-17-3-7-20(8-4-17)32(29,30)21-9-5-19(6-10-21)31-16-23(27)28;/h1-10,12,14,22,25-26H,11,13,15-16H2,(H,27,28);/q;+1/p-1/t22-;/m0./s1. The first-order valence-electron chi connectivity index (χ1n) is 9.92. The van der Waals surface area contributed by atoms with E-state index in [1.54, 1.807) is 42.7 Å². The van der Waals surface area contributed by atoms with Gasteiger partial charge in [-0.1, -0.05) is 18.2 Å². The molecular formula is C23H23N2NaO6S. The van der Waals surface area contributed by atoms with Gasteiger partial charge in [0.2, 0.25) is 9.84 Å². The van der Waals surface area contributed by atoms with E-state index in [9.17, 15) is 23.4 Å². The third kappa shape index (κ3) is 7.92. The van der Waals surface area contributed by atoms with E-state index in [4.69, 9.17) is 4.74 Å². The fourth-order valence-corrected chi connectivity index (χ4v) is 4.25. The van der Waals surface area contributed by atoms with Gasteiger partial charge in [0.05, 0.1) is 21.9 Å². The zero-order chi connectivity index (χ0) is 23.0. The van der Waals surface area contributed by atoms with Crippen LogP contribution in [0.25, 0.3) is 0 Å². The first kappa shape index (κ1) is 27.0. The first-order chi connectivity index (χ1) is 15.4. The number of nitrogens with zero attached hydrogens (tertiary/aromatic N) is 1. The number of carbonyl (C=O) groups excluding carboxylic acids is 1. The molecule has 0 saturated carbocycles. The van der Waals surface area contributed by atoms with Gasteiger partial charge in [0.25, 0.3) is 0 Å².